The van der Waals surface area contributed by atoms with Crippen LogP contribution >= 0.6 is 11.3 Å². The minimum Gasteiger partial charge on any atom is -0.497 e. The van der Waals surface area contributed by atoms with Gasteiger partial charge in [-0.15, -0.1) is 11.3 Å². The highest BCUT2D eigenvalue weighted by Gasteiger charge is 2.03. The molecule has 3 nitrogen and oxygen atoms in total. The molecule has 0 saturated heterocycles. The van der Waals surface area contributed by atoms with Crippen molar-refractivity contribution in [3.05, 3.63) is 40.1 Å². The van der Waals surface area contributed by atoms with E-state index in [4.69, 9.17) is 9.47 Å². The largest absolute Gasteiger partial charge is 0.497 e. The molecule has 1 N–H and O–H groups in total. The number of benzene rings is 1. The van der Waals surface area contributed by atoms with E-state index < -0.39 is 0 Å². The summed E-state index contributed by atoms with van der Waals surface area (Å²) >= 11 is 1.85. The number of anilines is 1. The predicted molar refractivity (Wildman–Crippen MR) is 80.6 cm³/mol. The molecule has 4 heteroatoms. The average molecular weight is 277 g/mol. The number of methoxy groups -OCH3 is 2. The Labute approximate surface area is 118 Å². The van der Waals surface area contributed by atoms with Crippen LogP contribution < -0.4 is 14.8 Å². The van der Waals surface area contributed by atoms with Crippen molar-refractivity contribution in [3.8, 4) is 11.5 Å². The molecular weight excluding hydrogens is 258 g/mol. The van der Waals surface area contributed by atoms with Crippen LogP contribution in [-0.4, -0.2) is 14.2 Å². The molecular formula is C15H19NO2S. The van der Waals surface area contributed by atoms with E-state index in [0.29, 0.717) is 0 Å². The monoisotopic (exact) mass is 277 g/mol. The Hall–Kier alpha value is -1.68. The van der Waals surface area contributed by atoms with Gasteiger partial charge in [0.25, 0.3) is 0 Å². The number of ether oxygens (including phenoxy) is 2. The molecule has 0 radical (unpaired) electrons. The Morgan fingerprint density at radius 3 is 2.16 bits per heavy atom. The maximum Gasteiger partial charge on any atom is 0.124 e. The van der Waals surface area contributed by atoms with E-state index in [9.17, 15) is 0 Å². The lowest BCUT2D eigenvalue weighted by molar-refractivity contribution is 0.394. The summed E-state index contributed by atoms with van der Waals surface area (Å²) in [5.74, 6) is 1.59. The van der Waals surface area contributed by atoms with Gasteiger partial charge in [-0.25, -0.2) is 0 Å². The fourth-order valence-corrected chi connectivity index (χ4v) is 2.70. The first kappa shape index (κ1) is 13.7. The van der Waals surface area contributed by atoms with Gasteiger partial charge in [0.05, 0.1) is 14.2 Å². The highest BCUT2D eigenvalue weighted by atomic mass is 32.1. The van der Waals surface area contributed by atoms with E-state index in [-0.39, 0.29) is 0 Å². The van der Waals surface area contributed by atoms with Crippen molar-refractivity contribution >= 4 is 17.0 Å². The summed E-state index contributed by atoms with van der Waals surface area (Å²) in [6, 6.07) is 10.2. The molecule has 0 atom stereocenters. The van der Waals surface area contributed by atoms with Crippen molar-refractivity contribution in [2.75, 3.05) is 19.5 Å². The van der Waals surface area contributed by atoms with Crippen LogP contribution in [0.1, 0.15) is 16.7 Å². The third-order valence-corrected chi connectivity index (χ3v) is 4.11. The average Bonchev–Trinajstić information content (AvgIpc) is 2.92. The van der Waals surface area contributed by atoms with Gasteiger partial charge in [-0.1, -0.05) is 6.92 Å². The summed E-state index contributed by atoms with van der Waals surface area (Å²) in [6.07, 6.45) is 1.09. The molecule has 0 aliphatic carbocycles. The van der Waals surface area contributed by atoms with Crippen LogP contribution in [0.5, 0.6) is 11.5 Å². The zero-order valence-corrected chi connectivity index (χ0v) is 12.3. The van der Waals surface area contributed by atoms with E-state index >= 15 is 0 Å². The number of thiophene rings is 1. The highest BCUT2D eigenvalue weighted by molar-refractivity contribution is 7.12. The highest BCUT2D eigenvalue weighted by Crippen LogP contribution is 2.26. The van der Waals surface area contributed by atoms with Crippen molar-refractivity contribution in [1.29, 1.82) is 0 Å². The Bertz CT molecular complexity index is 514. The zero-order valence-electron chi connectivity index (χ0n) is 11.5. The second-order valence-corrected chi connectivity index (χ2v) is 5.43. The Morgan fingerprint density at radius 1 is 1.00 bits per heavy atom. The Kier molecular flexibility index (Phi) is 4.68. The van der Waals surface area contributed by atoms with Gasteiger partial charge < -0.3 is 14.8 Å². The summed E-state index contributed by atoms with van der Waals surface area (Å²) in [5, 5.41) is 3.40. The van der Waals surface area contributed by atoms with E-state index in [0.717, 1.165) is 30.2 Å². The topological polar surface area (TPSA) is 30.5 Å². The van der Waals surface area contributed by atoms with Crippen LogP contribution in [-0.2, 0) is 13.0 Å². The van der Waals surface area contributed by atoms with E-state index in [2.05, 4.69) is 24.4 Å². The zero-order chi connectivity index (χ0) is 13.7. The van der Waals surface area contributed by atoms with Crippen molar-refractivity contribution < 1.29 is 9.47 Å². The van der Waals surface area contributed by atoms with Crippen LogP contribution in [0.15, 0.2) is 30.3 Å². The number of nitrogens with one attached hydrogen (secondary N) is 1. The maximum atomic E-state index is 5.25. The lowest BCUT2D eigenvalue weighted by atomic mass is 10.2. The second kappa shape index (κ2) is 6.48. The third-order valence-electron chi connectivity index (χ3n) is 2.88. The molecule has 0 fully saturated rings. The van der Waals surface area contributed by atoms with Crippen LogP contribution in [0.25, 0.3) is 0 Å². The quantitative estimate of drug-likeness (QED) is 0.867. The van der Waals surface area contributed by atoms with E-state index in [1.165, 1.54) is 9.75 Å². The summed E-state index contributed by atoms with van der Waals surface area (Å²) < 4.78 is 10.5. The molecule has 2 aromatic rings. The van der Waals surface area contributed by atoms with Gasteiger partial charge in [-0.05, 0) is 18.6 Å². The predicted octanol–water partition coefficient (Wildman–Crippen LogP) is 3.94. The van der Waals surface area contributed by atoms with E-state index in [1.807, 2.05) is 29.5 Å². The van der Waals surface area contributed by atoms with E-state index in [1.54, 1.807) is 14.2 Å². The Morgan fingerprint density at radius 2 is 1.63 bits per heavy atom. The SMILES string of the molecule is CCc1ccc(CNc2cc(OC)cc(OC)c2)s1. The normalized spacial score (nSPS) is 10.3. The molecule has 102 valence electrons. The minimum atomic E-state index is 0.794. The van der Waals surface area contributed by atoms with Crippen molar-refractivity contribution in [2.45, 2.75) is 19.9 Å². The summed E-state index contributed by atoms with van der Waals surface area (Å²) in [6.45, 7) is 3.00. The maximum absolute atomic E-state index is 5.25. The number of hydrogen-bond acceptors (Lipinski definition) is 4. The van der Waals surface area contributed by atoms with Gasteiger partial charge in [-0.2, -0.15) is 0 Å². The Balaban J connectivity index is 2.05. The molecule has 1 aromatic heterocycles. The standard InChI is InChI=1S/C15H19NO2S/c1-4-14-5-6-15(19-14)10-16-11-7-12(17-2)9-13(8-11)18-3/h5-9,16H,4,10H2,1-3H3. The molecule has 2 rings (SSSR count). The molecule has 0 aliphatic heterocycles. The van der Waals surface area contributed by atoms with Gasteiger partial charge in [0.2, 0.25) is 0 Å². The molecule has 0 spiro atoms. The summed E-state index contributed by atoms with van der Waals surface area (Å²) in [5.41, 5.74) is 1.00. The fourth-order valence-electron chi connectivity index (χ4n) is 1.81. The molecule has 0 aliphatic rings. The van der Waals surface area contributed by atoms with Gasteiger partial charge in [0, 0.05) is 40.2 Å². The lowest BCUT2D eigenvalue weighted by Crippen LogP contribution is -1.98. The first-order valence-electron chi connectivity index (χ1n) is 6.29. The van der Waals surface area contributed by atoms with Gasteiger partial charge in [0.15, 0.2) is 0 Å². The summed E-state index contributed by atoms with van der Waals surface area (Å²) in [7, 11) is 3.32. The molecule has 0 saturated carbocycles. The van der Waals surface area contributed by atoms with Gasteiger partial charge >= 0.3 is 0 Å². The van der Waals surface area contributed by atoms with Crippen LogP contribution in [0, 0.1) is 0 Å². The van der Waals surface area contributed by atoms with Crippen molar-refractivity contribution in [2.24, 2.45) is 0 Å². The number of aryl methyl sites for hydroxylation is 1. The number of hydrogen-bond donors (Lipinski definition) is 1. The fraction of sp³-hybridized carbons (Fsp3) is 0.333. The number of rotatable bonds is 6. The van der Waals surface area contributed by atoms with Crippen LogP contribution in [0.2, 0.25) is 0 Å². The smallest absolute Gasteiger partial charge is 0.124 e. The molecule has 0 amide bonds. The molecule has 0 bridgehead atoms. The second-order valence-electron chi connectivity index (χ2n) is 4.18. The van der Waals surface area contributed by atoms with Gasteiger partial charge in [0.1, 0.15) is 11.5 Å². The summed E-state index contributed by atoms with van der Waals surface area (Å²) in [4.78, 5) is 2.75. The van der Waals surface area contributed by atoms with Crippen molar-refractivity contribution in [3.63, 3.8) is 0 Å². The molecule has 19 heavy (non-hydrogen) atoms. The molecule has 1 aromatic carbocycles. The first-order valence-corrected chi connectivity index (χ1v) is 7.11. The van der Waals surface area contributed by atoms with Gasteiger partial charge in [-0.3, -0.25) is 0 Å². The molecule has 1 heterocycles. The third kappa shape index (κ3) is 3.64. The first-order chi connectivity index (χ1) is 9.25. The minimum absolute atomic E-state index is 0.794. The van der Waals surface area contributed by atoms with Crippen molar-refractivity contribution in [1.82, 2.24) is 0 Å². The lowest BCUT2D eigenvalue weighted by Gasteiger charge is -2.10. The van der Waals surface area contributed by atoms with Crippen LogP contribution in [0.4, 0.5) is 5.69 Å². The molecule has 0 unspecified atom stereocenters. The van der Waals surface area contributed by atoms with Crippen LogP contribution in [0.3, 0.4) is 0 Å².